The summed E-state index contributed by atoms with van der Waals surface area (Å²) < 4.78 is 1.88. The maximum atomic E-state index is 11.7. The molecule has 17 heavy (non-hydrogen) atoms. The van der Waals surface area contributed by atoms with E-state index in [-0.39, 0.29) is 17.8 Å². The van der Waals surface area contributed by atoms with Crippen molar-refractivity contribution in [2.45, 2.75) is 18.8 Å². The first kappa shape index (κ1) is 11.9. The highest BCUT2D eigenvalue weighted by molar-refractivity contribution is 6.16. The van der Waals surface area contributed by atoms with Crippen LogP contribution in [0.1, 0.15) is 18.8 Å². The zero-order chi connectivity index (χ0) is 12.4. The molecular formula is C12H14ClN3O. The first-order chi connectivity index (χ1) is 8.19. The number of benzene rings is 1. The number of alkyl halides is 1. The maximum absolute atomic E-state index is 11.7. The van der Waals surface area contributed by atoms with Gasteiger partial charge in [0.25, 0.3) is 0 Å². The lowest BCUT2D eigenvalue weighted by Crippen LogP contribution is -2.28. The normalized spacial score (nSPS) is 12.6. The monoisotopic (exact) mass is 251 g/mol. The molecule has 1 aromatic heterocycles. The highest BCUT2D eigenvalue weighted by atomic mass is 35.5. The number of halogens is 1. The zero-order valence-electron chi connectivity index (χ0n) is 9.77. The largest absolute Gasteiger partial charge is 0.357 e. The van der Waals surface area contributed by atoms with Crippen LogP contribution in [0, 0.1) is 0 Å². The number of hydrogen-bond acceptors (Lipinski definition) is 2. The van der Waals surface area contributed by atoms with Crippen molar-refractivity contribution in [1.29, 1.82) is 0 Å². The van der Waals surface area contributed by atoms with E-state index in [1.54, 1.807) is 7.05 Å². The van der Waals surface area contributed by atoms with Crippen LogP contribution in [0.4, 0.5) is 0 Å². The molecule has 0 fully saturated rings. The molecule has 0 radical (unpaired) electrons. The van der Waals surface area contributed by atoms with E-state index in [2.05, 4.69) is 10.3 Å². The van der Waals surface area contributed by atoms with E-state index in [4.69, 9.17) is 11.6 Å². The van der Waals surface area contributed by atoms with Gasteiger partial charge in [-0.15, -0.1) is 11.6 Å². The van der Waals surface area contributed by atoms with E-state index in [0.717, 1.165) is 11.0 Å². The van der Waals surface area contributed by atoms with Gasteiger partial charge in [-0.2, -0.15) is 0 Å². The Balaban J connectivity index is 2.61. The van der Waals surface area contributed by atoms with E-state index in [0.29, 0.717) is 5.82 Å². The van der Waals surface area contributed by atoms with Gasteiger partial charge < -0.3 is 9.88 Å². The number of likely N-dealkylation sites (N-methyl/N-ethyl adjacent to an activating group) is 1. The molecule has 0 aliphatic rings. The van der Waals surface area contributed by atoms with Crippen molar-refractivity contribution >= 4 is 28.5 Å². The fourth-order valence-electron chi connectivity index (χ4n) is 1.95. The number of hydrogen-bond donors (Lipinski definition) is 1. The van der Waals surface area contributed by atoms with Crippen LogP contribution in [0.15, 0.2) is 24.3 Å². The summed E-state index contributed by atoms with van der Waals surface area (Å²) in [5.74, 6) is 0.944. The summed E-state index contributed by atoms with van der Waals surface area (Å²) in [6.07, 6.45) is 0. The number of aromatic nitrogens is 2. The molecule has 1 unspecified atom stereocenters. The fourth-order valence-corrected chi connectivity index (χ4v) is 2.14. The van der Waals surface area contributed by atoms with Gasteiger partial charge in [0.15, 0.2) is 0 Å². The molecule has 0 bridgehead atoms. The summed E-state index contributed by atoms with van der Waals surface area (Å²) >= 11 is 5.88. The van der Waals surface area contributed by atoms with Gasteiger partial charge in [-0.05, 0) is 19.1 Å². The molecule has 0 aliphatic heterocycles. The Morgan fingerprint density at radius 2 is 2.24 bits per heavy atom. The smallest absolute Gasteiger partial charge is 0.242 e. The number of amides is 1. The van der Waals surface area contributed by atoms with E-state index < -0.39 is 0 Å². The fraction of sp³-hybridized carbons (Fsp3) is 0.333. The van der Waals surface area contributed by atoms with Crippen LogP contribution in [-0.4, -0.2) is 22.5 Å². The number of nitrogens with zero attached hydrogens (tertiary/aromatic N) is 2. The molecule has 90 valence electrons. The molecule has 1 aromatic carbocycles. The predicted molar refractivity (Wildman–Crippen MR) is 68.1 cm³/mol. The predicted octanol–water partition coefficient (Wildman–Crippen LogP) is 2.08. The Kier molecular flexibility index (Phi) is 3.33. The van der Waals surface area contributed by atoms with Crippen LogP contribution >= 0.6 is 11.6 Å². The van der Waals surface area contributed by atoms with Crippen molar-refractivity contribution < 1.29 is 4.79 Å². The topological polar surface area (TPSA) is 46.9 Å². The van der Waals surface area contributed by atoms with E-state index >= 15 is 0 Å². The molecule has 0 saturated carbocycles. The third-order valence-electron chi connectivity index (χ3n) is 2.80. The van der Waals surface area contributed by atoms with Crippen molar-refractivity contribution in [2.75, 3.05) is 7.05 Å². The molecule has 2 rings (SSSR count). The lowest BCUT2D eigenvalue weighted by Gasteiger charge is -2.15. The van der Waals surface area contributed by atoms with Gasteiger partial charge in [0.2, 0.25) is 5.91 Å². The average Bonchev–Trinajstić information content (AvgIpc) is 2.75. The highest BCUT2D eigenvalue weighted by Crippen LogP contribution is 2.22. The van der Waals surface area contributed by atoms with Gasteiger partial charge in [-0.1, -0.05) is 12.1 Å². The molecule has 1 N–H and O–H groups in total. The van der Waals surface area contributed by atoms with Crippen LogP contribution in [-0.2, 0) is 10.7 Å². The summed E-state index contributed by atoms with van der Waals surface area (Å²) in [5, 5.41) is 2.64. The highest BCUT2D eigenvalue weighted by Gasteiger charge is 2.19. The quantitative estimate of drug-likeness (QED) is 0.849. The Labute approximate surface area is 105 Å². The Bertz CT molecular complexity index is 550. The zero-order valence-corrected chi connectivity index (χ0v) is 10.5. The minimum absolute atomic E-state index is 0.0560. The number of fused-ring (bicyclic) bond motifs is 1. The summed E-state index contributed by atoms with van der Waals surface area (Å²) in [4.78, 5) is 16.1. The van der Waals surface area contributed by atoms with Crippen LogP contribution in [0.3, 0.4) is 0 Å². The summed E-state index contributed by atoms with van der Waals surface area (Å²) in [7, 11) is 1.62. The molecule has 4 nitrogen and oxygen atoms in total. The number of carbonyl (C=O) groups excluding carboxylic acids is 1. The first-order valence-corrected chi connectivity index (χ1v) is 5.96. The van der Waals surface area contributed by atoms with E-state index in [1.165, 1.54) is 0 Å². The maximum Gasteiger partial charge on any atom is 0.242 e. The van der Waals surface area contributed by atoms with Gasteiger partial charge in [0.05, 0.1) is 16.9 Å². The number of rotatable bonds is 3. The van der Waals surface area contributed by atoms with Crippen LogP contribution in [0.2, 0.25) is 0 Å². The van der Waals surface area contributed by atoms with Gasteiger partial charge in [0.1, 0.15) is 11.9 Å². The molecule has 1 heterocycles. The first-order valence-electron chi connectivity index (χ1n) is 5.42. The van der Waals surface area contributed by atoms with Crippen LogP contribution in [0.5, 0.6) is 0 Å². The van der Waals surface area contributed by atoms with Crippen molar-refractivity contribution in [3.63, 3.8) is 0 Å². The van der Waals surface area contributed by atoms with Gasteiger partial charge in [-0.3, -0.25) is 4.79 Å². The second kappa shape index (κ2) is 4.75. The van der Waals surface area contributed by atoms with Crippen LogP contribution < -0.4 is 5.32 Å². The lowest BCUT2D eigenvalue weighted by atomic mass is 10.2. The van der Waals surface area contributed by atoms with Gasteiger partial charge in [0, 0.05) is 7.05 Å². The number of para-hydroxylation sites is 2. The molecule has 1 amide bonds. The van der Waals surface area contributed by atoms with Gasteiger partial charge in [-0.25, -0.2) is 4.98 Å². The second-order valence-corrected chi connectivity index (χ2v) is 4.08. The van der Waals surface area contributed by atoms with E-state index in [1.807, 2.05) is 35.8 Å². The molecule has 0 aliphatic carbocycles. The third-order valence-corrected chi connectivity index (χ3v) is 3.04. The lowest BCUT2D eigenvalue weighted by molar-refractivity contribution is -0.123. The standard InChI is InChI=1S/C12H14ClN3O/c1-8(12(17)14-2)16-10-6-4-3-5-9(10)15-11(16)7-13/h3-6,8H,7H2,1-2H3,(H,14,17). The number of imidazole rings is 1. The van der Waals surface area contributed by atoms with Crippen molar-refractivity contribution in [1.82, 2.24) is 14.9 Å². The molecule has 0 spiro atoms. The third kappa shape index (κ3) is 2.00. The number of nitrogens with one attached hydrogen (secondary N) is 1. The van der Waals surface area contributed by atoms with E-state index in [9.17, 15) is 4.79 Å². The van der Waals surface area contributed by atoms with Crippen molar-refractivity contribution in [3.8, 4) is 0 Å². The molecule has 0 saturated heterocycles. The SMILES string of the molecule is CNC(=O)C(C)n1c(CCl)nc2ccccc21. The Morgan fingerprint density at radius 1 is 1.53 bits per heavy atom. The summed E-state index contributed by atoms with van der Waals surface area (Å²) in [6, 6.07) is 7.38. The minimum atomic E-state index is -0.318. The molecule has 1 atom stereocenters. The van der Waals surface area contributed by atoms with Crippen LogP contribution in [0.25, 0.3) is 11.0 Å². The molecular weight excluding hydrogens is 238 g/mol. The Hall–Kier alpha value is -1.55. The average molecular weight is 252 g/mol. The number of carbonyl (C=O) groups is 1. The van der Waals surface area contributed by atoms with Crippen molar-refractivity contribution in [3.05, 3.63) is 30.1 Å². The molecule has 5 heteroatoms. The molecule has 2 aromatic rings. The minimum Gasteiger partial charge on any atom is -0.357 e. The Morgan fingerprint density at radius 3 is 2.88 bits per heavy atom. The van der Waals surface area contributed by atoms with Gasteiger partial charge >= 0.3 is 0 Å². The second-order valence-electron chi connectivity index (χ2n) is 3.81. The summed E-state index contributed by atoms with van der Waals surface area (Å²) in [6.45, 7) is 1.84. The van der Waals surface area contributed by atoms with Crippen molar-refractivity contribution in [2.24, 2.45) is 0 Å². The summed E-state index contributed by atoms with van der Waals surface area (Å²) in [5.41, 5.74) is 1.79.